The van der Waals surface area contributed by atoms with Crippen LogP contribution in [0.1, 0.15) is 26.2 Å². The third kappa shape index (κ3) is 2.74. The average Bonchev–Trinajstić information content (AvgIpc) is 2.97. The van der Waals surface area contributed by atoms with Gasteiger partial charge in [0.05, 0.1) is 12.0 Å². The standard InChI is InChI=1S/C12H22N2O2/c1-2-14(9-11-4-3-7-16-11)12(15)10-5-6-13-8-10/h10-11,13H,2-9H2,1H3. The third-order valence-corrected chi connectivity index (χ3v) is 3.55. The average molecular weight is 226 g/mol. The van der Waals surface area contributed by atoms with Crippen LogP contribution >= 0.6 is 0 Å². The van der Waals surface area contributed by atoms with Crippen molar-refractivity contribution in [3.8, 4) is 0 Å². The third-order valence-electron chi connectivity index (χ3n) is 3.55. The van der Waals surface area contributed by atoms with E-state index in [1.165, 1.54) is 0 Å². The second-order valence-electron chi connectivity index (χ2n) is 4.70. The molecule has 2 aliphatic heterocycles. The fourth-order valence-electron chi connectivity index (χ4n) is 2.53. The van der Waals surface area contributed by atoms with E-state index in [2.05, 4.69) is 12.2 Å². The van der Waals surface area contributed by atoms with Gasteiger partial charge in [0.25, 0.3) is 0 Å². The van der Waals surface area contributed by atoms with E-state index >= 15 is 0 Å². The summed E-state index contributed by atoms with van der Waals surface area (Å²) in [6, 6.07) is 0. The van der Waals surface area contributed by atoms with Gasteiger partial charge in [-0.15, -0.1) is 0 Å². The molecule has 0 spiro atoms. The van der Waals surface area contributed by atoms with Gasteiger partial charge in [0.2, 0.25) is 5.91 Å². The highest BCUT2D eigenvalue weighted by atomic mass is 16.5. The fraction of sp³-hybridized carbons (Fsp3) is 0.917. The first-order valence-corrected chi connectivity index (χ1v) is 6.42. The Hall–Kier alpha value is -0.610. The summed E-state index contributed by atoms with van der Waals surface area (Å²) in [5.41, 5.74) is 0. The summed E-state index contributed by atoms with van der Waals surface area (Å²) >= 11 is 0. The van der Waals surface area contributed by atoms with E-state index < -0.39 is 0 Å². The van der Waals surface area contributed by atoms with Crippen LogP contribution in [0.3, 0.4) is 0 Å². The van der Waals surface area contributed by atoms with Crippen molar-refractivity contribution >= 4 is 5.91 Å². The Morgan fingerprint density at radius 2 is 2.38 bits per heavy atom. The molecule has 2 unspecified atom stereocenters. The minimum Gasteiger partial charge on any atom is -0.376 e. The summed E-state index contributed by atoms with van der Waals surface area (Å²) in [6.07, 6.45) is 3.51. The normalized spacial score (nSPS) is 29.6. The van der Waals surface area contributed by atoms with Crippen molar-refractivity contribution in [3.63, 3.8) is 0 Å². The number of nitrogens with zero attached hydrogens (tertiary/aromatic N) is 1. The zero-order valence-corrected chi connectivity index (χ0v) is 10.1. The first-order valence-electron chi connectivity index (χ1n) is 6.42. The summed E-state index contributed by atoms with van der Waals surface area (Å²) < 4.78 is 5.59. The van der Waals surface area contributed by atoms with Gasteiger partial charge in [-0.3, -0.25) is 4.79 Å². The lowest BCUT2D eigenvalue weighted by Crippen LogP contribution is -2.41. The van der Waals surface area contributed by atoms with Gasteiger partial charge in [-0.2, -0.15) is 0 Å². The van der Waals surface area contributed by atoms with Crippen LogP contribution in [0.15, 0.2) is 0 Å². The van der Waals surface area contributed by atoms with Gasteiger partial charge < -0.3 is 15.0 Å². The van der Waals surface area contributed by atoms with Gasteiger partial charge in [0.15, 0.2) is 0 Å². The Kier molecular flexibility index (Phi) is 4.18. The molecule has 2 rings (SSSR count). The summed E-state index contributed by atoms with van der Waals surface area (Å²) in [6.45, 7) is 6.33. The number of likely N-dealkylation sites (N-methyl/N-ethyl adjacent to an activating group) is 1. The molecule has 2 heterocycles. The maximum Gasteiger partial charge on any atom is 0.227 e. The highest BCUT2D eigenvalue weighted by Crippen LogP contribution is 2.16. The van der Waals surface area contributed by atoms with Crippen molar-refractivity contribution in [2.75, 3.05) is 32.8 Å². The molecule has 0 aromatic heterocycles. The molecular formula is C12H22N2O2. The SMILES string of the molecule is CCN(CC1CCCO1)C(=O)C1CCNC1. The Labute approximate surface area is 97.3 Å². The molecule has 16 heavy (non-hydrogen) atoms. The second-order valence-corrected chi connectivity index (χ2v) is 4.70. The van der Waals surface area contributed by atoms with Crippen LogP contribution < -0.4 is 5.32 Å². The van der Waals surface area contributed by atoms with Crippen LogP contribution in [0, 0.1) is 5.92 Å². The number of ether oxygens (including phenoxy) is 1. The minimum absolute atomic E-state index is 0.196. The van der Waals surface area contributed by atoms with E-state index in [0.717, 1.165) is 52.0 Å². The van der Waals surface area contributed by atoms with Crippen LogP contribution in [0.5, 0.6) is 0 Å². The highest BCUT2D eigenvalue weighted by molar-refractivity contribution is 5.79. The van der Waals surface area contributed by atoms with E-state index in [-0.39, 0.29) is 12.0 Å². The number of rotatable bonds is 4. The summed E-state index contributed by atoms with van der Waals surface area (Å²) in [5.74, 6) is 0.504. The molecule has 1 amide bonds. The first kappa shape index (κ1) is 11.9. The smallest absolute Gasteiger partial charge is 0.227 e. The molecule has 0 saturated carbocycles. The summed E-state index contributed by atoms with van der Waals surface area (Å²) in [5, 5.41) is 3.25. The molecule has 1 N–H and O–H groups in total. The molecule has 0 radical (unpaired) electrons. The molecule has 4 heteroatoms. The molecule has 2 saturated heterocycles. The Bertz CT molecular complexity index is 233. The summed E-state index contributed by atoms with van der Waals surface area (Å²) in [4.78, 5) is 14.2. The van der Waals surface area contributed by atoms with Gasteiger partial charge in [0, 0.05) is 26.2 Å². The predicted octanol–water partition coefficient (Wildman–Crippen LogP) is 0.623. The molecule has 0 aromatic rings. The topological polar surface area (TPSA) is 41.6 Å². The highest BCUT2D eigenvalue weighted by Gasteiger charge is 2.28. The molecular weight excluding hydrogens is 204 g/mol. The van der Waals surface area contributed by atoms with Crippen molar-refractivity contribution < 1.29 is 9.53 Å². The van der Waals surface area contributed by atoms with Crippen molar-refractivity contribution in [2.45, 2.75) is 32.3 Å². The van der Waals surface area contributed by atoms with Crippen molar-refractivity contribution in [3.05, 3.63) is 0 Å². The first-order chi connectivity index (χ1) is 7.81. The van der Waals surface area contributed by atoms with Gasteiger partial charge in [-0.1, -0.05) is 0 Å². The lowest BCUT2D eigenvalue weighted by molar-refractivity contribution is -0.136. The molecule has 4 nitrogen and oxygen atoms in total. The monoisotopic (exact) mass is 226 g/mol. The van der Waals surface area contributed by atoms with E-state index in [1.807, 2.05) is 4.90 Å². The molecule has 92 valence electrons. The number of carbonyl (C=O) groups excluding carboxylic acids is 1. The van der Waals surface area contributed by atoms with Gasteiger partial charge in [0.1, 0.15) is 0 Å². The minimum atomic E-state index is 0.196. The Balaban J connectivity index is 1.84. The molecule has 0 aliphatic carbocycles. The van der Waals surface area contributed by atoms with Crippen LogP contribution in [-0.2, 0) is 9.53 Å². The maximum absolute atomic E-state index is 12.2. The van der Waals surface area contributed by atoms with Crippen LogP contribution in [0.25, 0.3) is 0 Å². The number of amides is 1. The van der Waals surface area contributed by atoms with Crippen LogP contribution in [-0.4, -0.2) is 49.7 Å². The maximum atomic E-state index is 12.2. The van der Waals surface area contributed by atoms with Crippen LogP contribution in [0.2, 0.25) is 0 Å². The summed E-state index contributed by atoms with van der Waals surface area (Å²) in [7, 11) is 0. The molecule has 0 bridgehead atoms. The predicted molar refractivity (Wildman–Crippen MR) is 62.2 cm³/mol. The Morgan fingerprint density at radius 3 is 2.94 bits per heavy atom. The molecule has 2 aliphatic rings. The number of hydrogen-bond donors (Lipinski definition) is 1. The van der Waals surface area contributed by atoms with Gasteiger partial charge in [-0.05, 0) is 32.7 Å². The Morgan fingerprint density at radius 1 is 1.50 bits per heavy atom. The molecule has 2 fully saturated rings. The quantitative estimate of drug-likeness (QED) is 0.764. The van der Waals surface area contributed by atoms with E-state index in [1.54, 1.807) is 0 Å². The van der Waals surface area contributed by atoms with E-state index in [0.29, 0.717) is 5.91 Å². The lowest BCUT2D eigenvalue weighted by atomic mass is 10.1. The van der Waals surface area contributed by atoms with Crippen molar-refractivity contribution in [1.82, 2.24) is 10.2 Å². The molecule has 2 atom stereocenters. The largest absolute Gasteiger partial charge is 0.376 e. The number of hydrogen-bond acceptors (Lipinski definition) is 3. The zero-order valence-electron chi connectivity index (χ0n) is 10.1. The fourth-order valence-corrected chi connectivity index (χ4v) is 2.53. The number of carbonyl (C=O) groups is 1. The van der Waals surface area contributed by atoms with Crippen molar-refractivity contribution in [1.29, 1.82) is 0 Å². The van der Waals surface area contributed by atoms with Gasteiger partial charge >= 0.3 is 0 Å². The van der Waals surface area contributed by atoms with Crippen LogP contribution in [0.4, 0.5) is 0 Å². The van der Waals surface area contributed by atoms with E-state index in [4.69, 9.17) is 4.74 Å². The van der Waals surface area contributed by atoms with Gasteiger partial charge in [-0.25, -0.2) is 0 Å². The van der Waals surface area contributed by atoms with Crippen molar-refractivity contribution in [2.24, 2.45) is 5.92 Å². The second kappa shape index (κ2) is 5.64. The van der Waals surface area contributed by atoms with E-state index in [9.17, 15) is 4.79 Å². The molecule has 0 aromatic carbocycles. The number of nitrogens with one attached hydrogen (secondary N) is 1. The zero-order chi connectivity index (χ0) is 11.4. The lowest BCUT2D eigenvalue weighted by Gasteiger charge is -2.26.